The van der Waals surface area contributed by atoms with E-state index in [4.69, 9.17) is 0 Å². The molecule has 1 amide bonds. The SMILES string of the molecule is O=C(CCC1CCCCC1)N1CCCN(CC(F)(F)F)CC1. The molecule has 128 valence electrons. The molecule has 6 heteroatoms. The van der Waals surface area contributed by atoms with E-state index in [2.05, 4.69) is 0 Å². The summed E-state index contributed by atoms with van der Waals surface area (Å²) in [6.45, 7) is 0.912. The van der Waals surface area contributed by atoms with Crippen molar-refractivity contribution in [3.63, 3.8) is 0 Å². The Hall–Kier alpha value is -0.780. The van der Waals surface area contributed by atoms with Gasteiger partial charge in [0.15, 0.2) is 0 Å². The summed E-state index contributed by atoms with van der Waals surface area (Å²) in [7, 11) is 0. The molecule has 1 saturated carbocycles. The first-order valence-corrected chi connectivity index (χ1v) is 8.51. The zero-order chi connectivity index (χ0) is 16.0. The van der Waals surface area contributed by atoms with E-state index in [9.17, 15) is 18.0 Å². The normalized spacial score (nSPS) is 22.6. The highest BCUT2D eigenvalue weighted by Crippen LogP contribution is 2.27. The molecule has 2 fully saturated rings. The van der Waals surface area contributed by atoms with Crippen molar-refractivity contribution in [3.8, 4) is 0 Å². The molecule has 22 heavy (non-hydrogen) atoms. The smallest absolute Gasteiger partial charge is 0.341 e. The van der Waals surface area contributed by atoms with Crippen LogP contribution in [0.1, 0.15) is 51.4 Å². The number of carbonyl (C=O) groups is 1. The van der Waals surface area contributed by atoms with Crippen LogP contribution < -0.4 is 0 Å². The standard InChI is InChI=1S/C16H27F3N2O/c17-16(18,19)13-20-9-4-10-21(12-11-20)15(22)8-7-14-5-2-1-3-6-14/h14H,1-13H2. The van der Waals surface area contributed by atoms with E-state index in [-0.39, 0.29) is 5.91 Å². The molecular formula is C16H27F3N2O. The molecule has 0 aromatic rings. The summed E-state index contributed by atoms with van der Waals surface area (Å²) in [6, 6.07) is 0. The van der Waals surface area contributed by atoms with Gasteiger partial charge in [-0.2, -0.15) is 13.2 Å². The molecule has 1 saturated heterocycles. The average Bonchev–Trinajstić information content (AvgIpc) is 2.70. The molecule has 1 aliphatic carbocycles. The number of hydrogen-bond donors (Lipinski definition) is 0. The Labute approximate surface area is 130 Å². The topological polar surface area (TPSA) is 23.6 Å². The van der Waals surface area contributed by atoms with E-state index in [1.165, 1.54) is 37.0 Å². The Kier molecular flexibility index (Phi) is 6.53. The summed E-state index contributed by atoms with van der Waals surface area (Å²) in [5.41, 5.74) is 0. The van der Waals surface area contributed by atoms with Crippen molar-refractivity contribution in [2.24, 2.45) is 5.92 Å². The van der Waals surface area contributed by atoms with Crippen LogP contribution in [0.4, 0.5) is 13.2 Å². The zero-order valence-corrected chi connectivity index (χ0v) is 13.2. The number of halogens is 3. The van der Waals surface area contributed by atoms with Gasteiger partial charge in [-0.3, -0.25) is 9.69 Å². The van der Waals surface area contributed by atoms with Crippen molar-refractivity contribution in [1.82, 2.24) is 9.80 Å². The van der Waals surface area contributed by atoms with Gasteiger partial charge in [0.25, 0.3) is 0 Å². The van der Waals surface area contributed by atoms with Crippen molar-refractivity contribution >= 4 is 5.91 Å². The van der Waals surface area contributed by atoms with Crippen molar-refractivity contribution in [2.45, 2.75) is 57.5 Å². The van der Waals surface area contributed by atoms with E-state index in [1.807, 2.05) is 0 Å². The van der Waals surface area contributed by atoms with Crippen molar-refractivity contribution in [1.29, 1.82) is 0 Å². The van der Waals surface area contributed by atoms with Gasteiger partial charge in [-0.05, 0) is 18.8 Å². The fourth-order valence-electron chi connectivity index (χ4n) is 3.59. The molecule has 0 aromatic carbocycles. The second-order valence-electron chi connectivity index (χ2n) is 6.67. The molecule has 0 radical (unpaired) electrons. The van der Waals surface area contributed by atoms with Crippen LogP contribution in [0, 0.1) is 5.92 Å². The Bertz CT molecular complexity index is 354. The first-order valence-electron chi connectivity index (χ1n) is 8.51. The summed E-state index contributed by atoms with van der Waals surface area (Å²) in [6.07, 6.45) is 4.30. The number of nitrogens with zero attached hydrogens (tertiary/aromatic N) is 2. The number of hydrogen-bond acceptors (Lipinski definition) is 2. The fraction of sp³-hybridized carbons (Fsp3) is 0.938. The third-order valence-corrected chi connectivity index (χ3v) is 4.84. The molecule has 3 nitrogen and oxygen atoms in total. The number of amides is 1. The predicted molar refractivity (Wildman–Crippen MR) is 79.5 cm³/mol. The minimum atomic E-state index is -4.15. The van der Waals surface area contributed by atoms with Crippen LogP contribution in [-0.2, 0) is 4.79 Å². The van der Waals surface area contributed by atoms with E-state index in [0.717, 1.165) is 6.42 Å². The van der Waals surface area contributed by atoms with E-state index >= 15 is 0 Å². The maximum atomic E-state index is 12.4. The van der Waals surface area contributed by atoms with Crippen LogP contribution in [0.25, 0.3) is 0 Å². The summed E-state index contributed by atoms with van der Waals surface area (Å²) >= 11 is 0. The summed E-state index contributed by atoms with van der Waals surface area (Å²) in [4.78, 5) is 15.4. The molecule has 0 aromatic heterocycles. The lowest BCUT2D eigenvalue weighted by Gasteiger charge is -2.25. The molecule has 2 rings (SSSR count). The first-order chi connectivity index (χ1) is 10.4. The van der Waals surface area contributed by atoms with Gasteiger partial charge in [0, 0.05) is 32.6 Å². The molecule has 0 unspecified atom stereocenters. The van der Waals surface area contributed by atoms with Crippen LogP contribution in [0.2, 0.25) is 0 Å². The highest BCUT2D eigenvalue weighted by molar-refractivity contribution is 5.76. The average molecular weight is 320 g/mol. The van der Waals surface area contributed by atoms with Gasteiger partial charge in [0.05, 0.1) is 6.54 Å². The third kappa shape index (κ3) is 6.15. The Morgan fingerprint density at radius 3 is 2.36 bits per heavy atom. The molecule has 1 aliphatic heterocycles. The van der Waals surface area contributed by atoms with Crippen LogP contribution in [-0.4, -0.2) is 54.6 Å². The second kappa shape index (κ2) is 8.18. The van der Waals surface area contributed by atoms with Gasteiger partial charge >= 0.3 is 6.18 Å². The van der Waals surface area contributed by atoms with Crippen molar-refractivity contribution in [2.75, 3.05) is 32.7 Å². The Morgan fingerprint density at radius 2 is 1.68 bits per heavy atom. The Morgan fingerprint density at radius 1 is 0.955 bits per heavy atom. The molecule has 0 N–H and O–H groups in total. The number of alkyl halides is 3. The molecule has 0 bridgehead atoms. The zero-order valence-electron chi connectivity index (χ0n) is 13.2. The lowest BCUT2D eigenvalue weighted by atomic mass is 9.86. The maximum absolute atomic E-state index is 12.4. The largest absolute Gasteiger partial charge is 0.401 e. The molecule has 1 heterocycles. The molecule has 0 spiro atoms. The number of carbonyl (C=O) groups excluding carboxylic acids is 1. The third-order valence-electron chi connectivity index (χ3n) is 4.84. The predicted octanol–water partition coefficient (Wildman–Crippen LogP) is 3.44. The lowest BCUT2D eigenvalue weighted by molar-refractivity contribution is -0.145. The van der Waals surface area contributed by atoms with Crippen LogP contribution >= 0.6 is 0 Å². The summed E-state index contributed by atoms with van der Waals surface area (Å²) in [5, 5.41) is 0. The summed E-state index contributed by atoms with van der Waals surface area (Å²) < 4.78 is 37.3. The highest BCUT2D eigenvalue weighted by Gasteiger charge is 2.31. The number of rotatable bonds is 4. The highest BCUT2D eigenvalue weighted by atomic mass is 19.4. The minimum Gasteiger partial charge on any atom is -0.341 e. The second-order valence-corrected chi connectivity index (χ2v) is 6.67. The maximum Gasteiger partial charge on any atom is 0.401 e. The van der Waals surface area contributed by atoms with E-state index in [0.29, 0.717) is 44.9 Å². The quantitative estimate of drug-likeness (QED) is 0.792. The van der Waals surface area contributed by atoms with Gasteiger partial charge in [0.1, 0.15) is 0 Å². The monoisotopic (exact) mass is 320 g/mol. The molecule has 0 atom stereocenters. The molecular weight excluding hydrogens is 293 g/mol. The fourth-order valence-corrected chi connectivity index (χ4v) is 3.59. The van der Waals surface area contributed by atoms with Crippen molar-refractivity contribution in [3.05, 3.63) is 0 Å². The Balaban J connectivity index is 1.71. The van der Waals surface area contributed by atoms with E-state index in [1.54, 1.807) is 4.90 Å². The summed E-state index contributed by atoms with van der Waals surface area (Å²) in [5.74, 6) is 0.797. The van der Waals surface area contributed by atoms with Crippen LogP contribution in [0.3, 0.4) is 0 Å². The minimum absolute atomic E-state index is 0.124. The first kappa shape index (κ1) is 17.6. The van der Waals surface area contributed by atoms with Crippen LogP contribution in [0.5, 0.6) is 0 Å². The van der Waals surface area contributed by atoms with Crippen molar-refractivity contribution < 1.29 is 18.0 Å². The van der Waals surface area contributed by atoms with Crippen LogP contribution in [0.15, 0.2) is 0 Å². The van der Waals surface area contributed by atoms with Gasteiger partial charge in [-0.25, -0.2) is 0 Å². The lowest BCUT2D eigenvalue weighted by Crippen LogP contribution is -2.38. The van der Waals surface area contributed by atoms with Gasteiger partial charge in [-0.1, -0.05) is 32.1 Å². The molecule has 2 aliphatic rings. The van der Waals surface area contributed by atoms with E-state index < -0.39 is 12.7 Å². The van der Waals surface area contributed by atoms with Gasteiger partial charge < -0.3 is 4.90 Å². The van der Waals surface area contributed by atoms with Gasteiger partial charge in [0.2, 0.25) is 5.91 Å². The van der Waals surface area contributed by atoms with Gasteiger partial charge in [-0.15, -0.1) is 0 Å².